The van der Waals surface area contributed by atoms with Crippen molar-refractivity contribution in [3.05, 3.63) is 35.6 Å². The topological polar surface area (TPSA) is 3.24 Å². The van der Waals surface area contributed by atoms with Crippen molar-refractivity contribution < 1.29 is 4.39 Å². The fourth-order valence-electron chi connectivity index (χ4n) is 2.75. The van der Waals surface area contributed by atoms with Crippen LogP contribution in [0.2, 0.25) is 0 Å². The lowest BCUT2D eigenvalue weighted by molar-refractivity contribution is 0.144. The molecule has 100 valence electrons. The summed E-state index contributed by atoms with van der Waals surface area (Å²) in [5, 5.41) is -0.0438. The van der Waals surface area contributed by atoms with Gasteiger partial charge in [-0.1, -0.05) is 25.5 Å². The third kappa shape index (κ3) is 3.46. The molecule has 2 atom stereocenters. The molecule has 0 saturated carbocycles. The standard InChI is InChI=1S/C15H21ClFN/c1-2-14-5-3-4-10-18(14)11-15(16)12-6-8-13(17)9-7-12/h6-9,14-15H,2-5,10-11H2,1H3. The zero-order valence-corrected chi connectivity index (χ0v) is 11.7. The number of nitrogens with zero attached hydrogens (tertiary/aromatic N) is 1. The largest absolute Gasteiger partial charge is 0.299 e. The van der Waals surface area contributed by atoms with E-state index in [0.29, 0.717) is 6.04 Å². The van der Waals surface area contributed by atoms with E-state index in [-0.39, 0.29) is 11.2 Å². The van der Waals surface area contributed by atoms with Crippen LogP contribution in [0.5, 0.6) is 0 Å². The van der Waals surface area contributed by atoms with Crippen LogP contribution in [0.1, 0.15) is 43.5 Å². The smallest absolute Gasteiger partial charge is 0.123 e. The molecule has 2 rings (SSSR count). The summed E-state index contributed by atoms with van der Waals surface area (Å²) in [6.07, 6.45) is 5.07. The average Bonchev–Trinajstić information content (AvgIpc) is 2.40. The number of hydrogen-bond donors (Lipinski definition) is 0. The number of likely N-dealkylation sites (tertiary alicyclic amines) is 1. The van der Waals surface area contributed by atoms with Crippen LogP contribution in [0.3, 0.4) is 0 Å². The molecular weight excluding hydrogens is 249 g/mol. The highest BCUT2D eigenvalue weighted by molar-refractivity contribution is 6.21. The SMILES string of the molecule is CCC1CCCCN1CC(Cl)c1ccc(F)cc1. The van der Waals surface area contributed by atoms with Gasteiger partial charge in [0.2, 0.25) is 0 Å². The summed E-state index contributed by atoms with van der Waals surface area (Å²) < 4.78 is 12.9. The fourth-order valence-corrected chi connectivity index (χ4v) is 3.07. The van der Waals surface area contributed by atoms with Crippen LogP contribution in [0.25, 0.3) is 0 Å². The first kappa shape index (κ1) is 13.8. The molecule has 1 heterocycles. The second-order valence-electron chi connectivity index (χ2n) is 5.07. The minimum Gasteiger partial charge on any atom is -0.299 e. The highest BCUT2D eigenvalue weighted by Gasteiger charge is 2.23. The minimum absolute atomic E-state index is 0.0438. The van der Waals surface area contributed by atoms with Crippen molar-refractivity contribution in [1.29, 1.82) is 0 Å². The lowest BCUT2D eigenvalue weighted by atomic mass is 9.99. The van der Waals surface area contributed by atoms with Gasteiger partial charge in [0.25, 0.3) is 0 Å². The van der Waals surface area contributed by atoms with Crippen LogP contribution in [0, 0.1) is 5.82 Å². The number of rotatable bonds is 4. The Balaban J connectivity index is 1.97. The van der Waals surface area contributed by atoms with E-state index < -0.39 is 0 Å². The van der Waals surface area contributed by atoms with E-state index in [1.807, 2.05) is 0 Å². The number of piperidine rings is 1. The first-order chi connectivity index (χ1) is 8.70. The summed E-state index contributed by atoms with van der Waals surface area (Å²) in [7, 11) is 0. The minimum atomic E-state index is -0.202. The van der Waals surface area contributed by atoms with Gasteiger partial charge < -0.3 is 0 Å². The van der Waals surface area contributed by atoms with Crippen molar-refractivity contribution in [3.8, 4) is 0 Å². The van der Waals surface area contributed by atoms with Gasteiger partial charge in [0.15, 0.2) is 0 Å². The van der Waals surface area contributed by atoms with Gasteiger partial charge in [-0.3, -0.25) is 4.90 Å². The molecule has 1 aliphatic rings. The third-order valence-corrected chi connectivity index (χ3v) is 4.24. The van der Waals surface area contributed by atoms with Gasteiger partial charge >= 0.3 is 0 Å². The molecule has 18 heavy (non-hydrogen) atoms. The predicted octanol–water partition coefficient (Wildman–Crippen LogP) is 4.37. The molecule has 0 N–H and O–H groups in total. The number of benzene rings is 1. The molecule has 1 fully saturated rings. The Morgan fingerprint density at radius 3 is 2.72 bits per heavy atom. The zero-order chi connectivity index (χ0) is 13.0. The maximum absolute atomic E-state index is 12.9. The Labute approximate surface area is 114 Å². The summed E-state index contributed by atoms with van der Waals surface area (Å²) in [5.41, 5.74) is 1.01. The van der Waals surface area contributed by atoms with E-state index in [1.54, 1.807) is 12.1 Å². The van der Waals surface area contributed by atoms with Gasteiger partial charge in [-0.05, 0) is 43.5 Å². The van der Waals surface area contributed by atoms with Gasteiger partial charge in [-0.25, -0.2) is 4.39 Å². The van der Waals surface area contributed by atoms with E-state index in [9.17, 15) is 4.39 Å². The van der Waals surface area contributed by atoms with E-state index in [4.69, 9.17) is 11.6 Å². The average molecular weight is 270 g/mol. The second kappa shape index (κ2) is 6.53. The molecular formula is C15H21ClFN. The first-order valence-corrected chi connectivity index (χ1v) is 7.28. The van der Waals surface area contributed by atoms with Crippen LogP contribution in [-0.2, 0) is 0 Å². The lowest BCUT2D eigenvalue weighted by Crippen LogP contribution is -2.40. The first-order valence-electron chi connectivity index (χ1n) is 6.84. The second-order valence-corrected chi connectivity index (χ2v) is 5.60. The molecule has 1 nitrogen and oxygen atoms in total. The molecule has 0 amide bonds. The zero-order valence-electron chi connectivity index (χ0n) is 10.9. The molecule has 0 aliphatic carbocycles. The van der Waals surface area contributed by atoms with Gasteiger partial charge in [0.1, 0.15) is 5.82 Å². The molecule has 0 aromatic heterocycles. The highest BCUT2D eigenvalue weighted by atomic mass is 35.5. The summed E-state index contributed by atoms with van der Waals surface area (Å²) in [6.45, 7) is 4.25. The Bertz CT molecular complexity index is 365. The van der Waals surface area contributed by atoms with Crippen molar-refractivity contribution in [2.45, 2.75) is 44.0 Å². The molecule has 0 spiro atoms. The van der Waals surface area contributed by atoms with Crippen molar-refractivity contribution >= 4 is 11.6 Å². The Kier molecular flexibility index (Phi) is 5.02. The monoisotopic (exact) mass is 269 g/mol. The summed E-state index contributed by atoms with van der Waals surface area (Å²) >= 11 is 6.45. The molecule has 0 bridgehead atoms. The number of hydrogen-bond acceptors (Lipinski definition) is 1. The Morgan fingerprint density at radius 2 is 2.06 bits per heavy atom. The van der Waals surface area contributed by atoms with Crippen molar-refractivity contribution in [2.24, 2.45) is 0 Å². The van der Waals surface area contributed by atoms with Crippen LogP contribution in [0.15, 0.2) is 24.3 Å². The molecule has 3 heteroatoms. The maximum atomic E-state index is 12.9. The number of alkyl halides is 1. The van der Waals surface area contributed by atoms with E-state index in [0.717, 1.165) is 18.7 Å². The van der Waals surface area contributed by atoms with Crippen LogP contribution in [0.4, 0.5) is 4.39 Å². The Hall–Kier alpha value is -0.600. The van der Waals surface area contributed by atoms with Gasteiger partial charge in [0.05, 0.1) is 5.38 Å². The van der Waals surface area contributed by atoms with Crippen LogP contribution < -0.4 is 0 Å². The van der Waals surface area contributed by atoms with Crippen molar-refractivity contribution in [2.75, 3.05) is 13.1 Å². The van der Waals surface area contributed by atoms with Gasteiger partial charge in [0, 0.05) is 12.6 Å². The lowest BCUT2D eigenvalue weighted by Gasteiger charge is -2.36. The molecule has 0 radical (unpaired) electrons. The predicted molar refractivity (Wildman–Crippen MR) is 74.5 cm³/mol. The van der Waals surface area contributed by atoms with Gasteiger partial charge in [-0.15, -0.1) is 11.6 Å². The van der Waals surface area contributed by atoms with E-state index in [1.165, 1.54) is 37.8 Å². The van der Waals surface area contributed by atoms with E-state index >= 15 is 0 Å². The van der Waals surface area contributed by atoms with Crippen molar-refractivity contribution in [1.82, 2.24) is 4.90 Å². The molecule has 1 aliphatic heterocycles. The van der Waals surface area contributed by atoms with Crippen LogP contribution >= 0.6 is 11.6 Å². The maximum Gasteiger partial charge on any atom is 0.123 e. The van der Waals surface area contributed by atoms with Crippen molar-refractivity contribution in [3.63, 3.8) is 0 Å². The molecule has 1 saturated heterocycles. The van der Waals surface area contributed by atoms with Crippen LogP contribution in [-0.4, -0.2) is 24.0 Å². The highest BCUT2D eigenvalue weighted by Crippen LogP contribution is 2.26. The Morgan fingerprint density at radius 1 is 1.33 bits per heavy atom. The fraction of sp³-hybridized carbons (Fsp3) is 0.600. The molecule has 1 aromatic rings. The van der Waals surface area contributed by atoms with E-state index in [2.05, 4.69) is 11.8 Å². The molecule has 1 aromatic carbocycles. The summed E-state index contributed by atoms with van der Waals surface area (Å²) in [4.78, 5) is 2.49. The number of halogens is 2. The summed E-state index contributed by atoms with van der Waals surface area (Å²) in [5.74, 6) is -0.202. The third-order valence-electron chi connectivity index (χ3n) is 3.85. The van der Waals surface area contributed by atoms with Gasteiger partial charge in [-0.2, -0.15) is 0 Å². The quantitative estimate of drug-likeness (QED) is 0.734. The summed E-state index contributed by atoms with van der Waals surface area (Å²) in [6, 6.07) is 7.21. The molecule has 2 unspecified atom stereocenters. The normalized spacial score (nSPS) is 22.9.